The average molecular weight is 684 g/mol. The zero-order valence-corrected chi connectivity index (χ0v) is 29.0. The number of rotatable bonds is 7. The molecule has 2 heterocycles. The van der Waals surface area contributed by atoms with E-state index < -0.39 is 0 Å². The van der Waals surface area contributed by atoms with E-state index in [9.17, 15) is 0 Å². The molecule has 0 unspecified atom stereocenters. The first-order valence-electron chi connectivity index (χ1n) is 17.8. The van der Waals surface area contributed by atoms with E-state index in [0.717, 1.165) is 100 Å². The molecule has 0 saturated carbocycles. The maximum atomic E-state index is 6.39. The lowest BCUT2D eigenvalue weighted by atomic mass is 10.0. The van der Waals surface area contributed by atoms with Gasteiger partial charge in [0, 0.05) is 44.2 Å². The lowest BCUT2D eigenvalue weighted by Gasteiger charge is -2.26. The third-order valence-corrected chi connectivity index (χ3v) is 10.2. The molecule has 4 heteroatoms. The number of methoxy groups -OCH3 is 1. The van der Waals surface area contributed by atoms with E-state index in [0.29, 0.717) is 0 Å². The van der Waals surface area contributed by atoms with E-state index in [1.807, 2.05) is 36.4 Å². The minimum Gasteiger partial charge on any atom is -0.497 e. The molecule has 0 bridgehead atoms. The number of benzene rings is 8. The topological polar surface area (TPSA) is 38.8 Å². The van der Waals surface area contributed by atoms with Crippen molar-refractivity contribution in [1.29, 1.82) is 0 Å². The zero-order valence-electron chi connectivity index (χ0n) is 29.0. The molecule has 0 aliphatic heterocycles. The average Bonchev–Trinajstić information content (AvgIpc) is 3.80. The van der Waals surface area contributed by atoms with E-state index in [2.05, 4.69) is 150 Å². The number of fused-ring (bicyclic) bond motifs is 6. The second-order valence-electron chi connectivity index (χ2n) is 13.3. The van der Waals surface area contributed by atoms with E-state index >= 15 is 0 Å². The molecule has 0 fully saturated rings. The van der Waals surface area contributed by atoms with Gasteiger partial charge in [-0.1, -0.05) is 109 Å². The molecule has 8 aromatic carbocycles. The summed E-state index contributed by atoms with van der Waals surface area (Å²) in [6.45, 7) is 0. The van der Waals surface area contributed by atoms with Crippen LogP contribution >= 0.6 is 0 Å². The molecular weight excluding hydrogens is 651 g/mol. The molecule has 0 radical (unpaired) electrons. The van der Waals surface area contributed by atoms with Crippen molar-refractivity contribution >= 4 is 60.9 Å². The largest absolute Gasteiger partial charge is 0.497 e. The molecule has 0 saturated heterocycles. The first-order chi connectivity index (χ1) is 26.2. The van der Waals surface area contributed by atoms with E-state index in [4.69, 9.17) is 13.6 Å². The van der Waals surface area contributed by atoms with Gasteiger partial charge in [-0.25, -0.2) is 0 Å². The van der Waals surface area contributed by atoms with Gasteiger partial charge >= 0.3 is 0 Å². The van der Waals surface area contributed by atoms with E-state index in [1.165, 1.54) is 0 Å². The fraction of sp³-hybridized carbons (Fsp3) is 0.0204. The number of para-hydroxylation sites is 3. The van der Waals surface area contributed by atoms with Gasteiger partial charge in [0.2, 0.25) is 0 Å². The maximum Gasteiger partial charge on any atom is 0.143 e. The molecule has 0 amide bonds. The molecule has 2 aromatic heterocycles. The van der Waals surface area contributed by atoms with Gasteiger partial charge in [0.05, 0.1) is 7.11 Å². The third kappa shape index (κ3) is 5.40. The van der Waals surface area contributed by atoms with Crippen molar-refractivity contribution in [2.75, 3.05) is 12.0 Å². The van der Waals surface area contributed by atoms with Crippen molar-refractivity contribution < 1.29 is 13.6 Å². The summed E-state index contributed by atoms with van der Waals surface area (Å²) in [6.07, 6.45) is 0. The molecular formula is C49H33NO3. The summed E-state index contributed by atoms with van der Waals surface area (Å²) in [7, 11) is 1.69. The summed E-state index contributed by atoms with van der Waals surface area (Å²) in [4.78, 5) is 2.32. The van der Waals surface area contributed by atoms with E-state index in [1.54, 1.807) is 7.11 Å². The summed E-state index contributed by atoms with van der Waals surface area (Å²) in [5.74, 6) is 0.844. The van der Waals surface area contributed by atoms with Crippen LogP contribution in [0.3, 0.4) is 0 Å². The summed E-state index contributed by atoms with van der Waals surface area (Å²) >= 11 is 0. The molecule has 10 aromatic rings. The van der Waals surface area contributed by atoms with Crippen LogP contribution in [0.4, 0.5) is 17.1 Å². The standard InChI is InChI=1S/C49H33NO3/c1-51-40-27-20-33(21-28-40)32-16-23-37(24-17-32)50(38-25-18-34(19-26-38)41-12-7-13-44-42-10-2-5-15-47(42)53-49(41)44)39-9-6-8-35(30-39)36-22-29-48-45(31-36)43-11-3-4-14-46(43)52-48/h2-31H,1H3. The predicted molar refractivity (Wildman–Crippen MR) is 219 cm³/mol. The molecule has 0 spiro atoms. The van der Waals surface area contributed by atoms with Gasteiger partial charge < -0.3 is 18.5 Å². The van der Waals surface area contributed by atoms with Crippen LogP contribution in [-0.2, 0) is 0 Å². The SMILES string of the molecule is COc1ccc(-c2ccc(N(c3ccc(-c4cccc5c4oc4ccccc45)cc3)c3cccc(-c4ccc5oc6ccccc6c5c4)c3)cc2)cc1. The Bertz CT molecular complexity index is 2920. The smallest absolute Gasteiger partial charge is 0.143 e. The van der Waals surface area contributed by atoms with Crippen LogP contribution in [0.25, 0.3) is 77.3 Å². The molecule has 252 valence electrons. The van der Waals surface area contributed by atoms with Gasteiger partial charge in [0.1, 0.15) is 28.1 Å². The first-order valence-corrected chi connectivity index (χ1v) is 17.8. The highest BCUT2D eigenvalue weighted by atomic mass is 16.5. The van der Waals surface area contributed by atoms with Crippen molar-refractivity contribution in [3.63, 3.8) is 0 Å². The molecule has 10 rings (SSSR count). The molecule has 53 heavy (non-hydrogen) atoms. The summed E-state index contributed by atoms with van der Waals surface area (Å²) in [5.41, 5.74) is 13.5. The number of anilines is 3. The number of ether oxygens (including phenoxy) is 1. The number of hydrogen-bond acceptors (Lipinski definition) is 4. The molecule has 0 atom stereocenters. The van der Waals surface area contributed by atoms with Gasteiger partial charge in [-0.3, -0.25) is 0 Å². The quantitative estimate of drug-likeness (QED) is 0.168. The Hall–Kier alpha value is -7.04. The van der Waals surface area contributed by atoms with Crippen molar-refractivity contribution in [3.8, 4) is 39.1 Å². The highest BCUT2D eigenvalue weighted by Crippen LogP contribution is 2.41. The fourth-order valence-electron chi connectivity index (χ4n) is 7.53. The van der Waals surface area contributed by atoms with Gasteiger partial charge in [-0.2, -0.15) is 0 Å². The Morgan fingerprint density at radius 2 is 0.925 bits per heavy atom. The Kier molecular flexibility index (Phi) is 7.33. The van der Waals surface area contributed by atoms with Crippen LogP contribution in [0, 0.1) is 0 Å². The monoisotopic (exact) mass is 683 g/mol. The predicted octanol–water partition coefficient (Wildman–Crippen LogP) is 14.0. The van der Waals surface area contributed by atoms with Crippen molar-refractivity contribution in [2.24, 2.45) is 0 Å². The Morgan fingerprint density at radius 3 is 1.64 bits per heavy atom. The highest BCUT2D eigenvalue weighted by molar-refractivity contribution is 6.09. The lowest BCUT2D eigenvalue weighted by molar-refractivity contribution is 0.415. The van der Waals surface area contributed by atoms with Crippen LogP contribution in [0.1, 0.15) is 0 Å². The van der Waals surface area contributed by atoms with Crippen LogP contribution in [0.5, 0.6) is 5.75 Å². The second kappa shape index (κ2) is 12.6. The number of nitrogens with zero attached hydrogens (tertiary/aromatic N) is 1. The minimum atomic E-state index is 0.844. The minimum absolute atomic E-state index is 0.844. The van der Waals surface area contributed by atoms with Crippen molar-refractivity contribution in [3.05, 3.63) is 182 Å². The second-order valence-corrected chi connectivity index (χ2v) is 13.3. The normalized spacial score (nSPS) is 11.5. The zero-order chi connectivity index (χ0) is 35.3. The maximum absolute atomic E-state index is 6.39. The fourth-order valence-corrected chi connectivity index (χ4v) is 7.53. The summed E-state index contributed by atoms with van der Waals surface area (Å²) in [5, 5.41) is 4.49. The Morgan fingerprint density at radius 1 is 0.377 bits per heavy atom. The Balaban J connectivity index is 1.07. The summed E-state index contributed by atoms with van der Waals surface area (Å²) in [6, 6.07) is 63.8. The molecule has 0 aliphatic rings. The molecule has 0 aliphatic carbocycles. The van der Waals surface area contributed by atoms with Crippen LogP contribution < -0.4 is 9.64 Å². The Labute approximate surface area is 306 Å². The number of furan rings is 2. The summed E-state index contributed by atoms with van der Waals surface area (Å²) < 4.78 is 17.9. The lowest BCUT2D eigenvalue weighted by Crippen LogP contribution is -2.10. The van der Waals surface area contributed by atoms with Gasteiger partial charge in [0.25, 0.3) is 0 Å². The van der Waals surface area contributed by atoms with Gasteiger partial charge in [-0.15, -0.1) is 0 Å². The van der Waals surface area contributed by atoms with Gasteiger partial charge in [0.15, 0.2) is 0 Å². The van der Waals surface area contributed by atoms with Crippen LogP contribution in [0.15, 0.2) is 191 Å². The molecule has 0 N–H and O–H groups in total. The van der Waals surface area contributed by atoms with E-state index in [-0.39, 0.29) is 0 Å². The van der Waals surface area contributed by atoms with Crippen molar-refractivity contribution in [2.45, 2.75) is 0 Å². The first kappa shape index (κ1) is 30.8. The highest BCUT2D eigenvalue weighted by Gasteiger charge is 2.17. The molecule has 4 nitrogen and oxygen atoms in total. The van der Waals surface area contributed by atoms with Crippen LogP contribution in [-0.4, -0.2) is 7.11 Å². The van der Waals surface area contributed by atoms with Crippen LogP contribution in [0.2, 0.25) is 0 Å². The van der Waals surface area contributed by atoms with Gasteiger partial charge in [-0.05, 0) is 101 Å². The van der Waals surface area contributed by atoms with Crippen molar-refractivity contribution in [1.82, 2.24) is 0 Å². The third-order valence-electron chi connectivity index (χ3n) is 10.2. The number of hydrogen-bond donors (Lipinski definition) is 0.